The number of phenolic OH excluding ortho intramolecular Hbond substituents is 2. The zero-order chi connectivity index (χ0) is 21.7. The van der Waals surface area contributed by atoms with Crippen LogP contribution in [-0.2, 0) is 0 Å². The van der Waals surface area contributed by atoms with Crippen LogP contribution >= 0.6 is 31.9 Å². The van der Waals surface area contributed by atoms with Gasteiger partial charge in [-0.05, 0) is 53.5 Å². The summed E-state index contributed by atoms with van der Waals surface area (Å²) in [6.07, 6.45) is 2.38. The van der Waals surface area contributed by atoms with Gasteiger partial charge >= 0.3 is 0 Å². The highest BCUT2D eigenvalue weighted by atomic mass is 79.9. The molecule has 0 radical (unpaired) electrons. The molecule has 156 valence electrons. The van der Waals surface area contributed by atoms with Crippen molar-refractivity contribution in [1.82, 2.24) is 9.97 Å². The van der Waals surface area contributed by atoms with Gasteiger partial charge in [-0.15, -0.1) is 0 Å². The van der Waals surface area contributed by atoms with Crippen LogP contribution in [0.2, 0.25) is 0 Å². The fourth-order valence-corrected chi connectivity index (χ4v) is 3.82. The van der Waals surface area contributed by atoms with Crippen LogP contribution in [0.4, 0.5) is 5.82 Å². The SMILES string of the molecule is CCCOc1ccc(/C=N/Nc2cc(C)nc(-c3cc(Br)cc(Br)c3O)n2)c(O)c1. The molecule has 0 saturated carbocycles. The van der Waals surface area contributed by atoms with E-state index in [1.165, 1.54) is 6.21 Å². The molecule has 30 heavy (non-hydrogen) atoms. The molecule has 0 aliphatic carbocycles. The summed E-state index contributed by atoms with van der Waals surface area (Å²) in [4.78, 5) is 8.83. The third-order valence-electron chi connectivity index (χ3n) is 3.98. The van der Waals surface area contributed by atoms with Crippen molar-refractivity contribution < 1.29 is 14.9 Å². The minimum atomic E-state index is 0.0496. The maximum atomic E-state index is 10.4. The van der Waals surface area contributed by atoms with Gasteiger partial charge in [0.15, 0.2) is 11.6 Å². The number of rotatable bonds is 7. The van der Waals surface area contributed by atoms with Crippen LogP contribution < -0.4 is 10.2 Å². The maximum Gasteiger partial charge on any atom is 0.165 e. The topological polar surface area (TPSA) is 99.9 Å². The van der Waals surface area contributed by atoms with Crippen LogP contribution in [0.25, 0.3) is 11.4 Å². The lowest BCUT2D eigenvalue weighted by Crippen LogP contribution is -2.00. The Kier molecular flexibility index (Phi) is 7.28. The first kappa shape index (κ1) is 22.0. The highest BCUT2D eigenvalue weighted by molar-refractivity contribution is 9.11. The van der Waals surface area contributed by atoms with E-state index >= 15 is 0 Å². The van der Waals surface area contributed by atoms with Crippen molar-refractivity contribution in [2.45, 2.75) is 20.3 Å². The number of anilines is 1. The molecule has 0 amide bonds. The summed E-state index contributed by atoms with van der Waals surface area (Å²) in [5.41, 5.74) is 4.55. The van der Waals surface area contributed by atoms with Crippen LogP contribution in [0.1, 0.15) is 24.6 Å². The molecule has 0 unspecified atom stereocenters. The first-order valence-electron chi connectivity index (χ1n) is 9.16. The molecule has 7 nitrogen and oxygen atoms in total. The molecule has 0 saturated heterocycles. The van der Waals surface area contributed by atoms with Gasteiger partial charge in [-0.3, -0.25) is 5.43 Å². The van der Waals surface area contributed by atoms with Crippen molar-refractivity contribution in [2.24, 2.45) is 5.10 Å². The second-order valence-electron chi connectivity index (χ2n) is 6.44. The Balaban J connectivity index is 1.80. The summed E-state index contributed by atoms with van der Waals surface area (Å²) in [5, 5.41) is 24.6. The van der Waals surface area contributed by atoms with Gasteiger partial charge in [-0.25, -0.2) is 9.97 Å². The van der Waals surface area contributed by atoms with Crippen molar-refractivity contribution in [2.75, 3.05) is 12.0 Å². The van der Waals surface area contributed by atoms with E-state index in [4.69, 9.17) is 4.74 Å². The van der Waals surface area contributed by atoms with Crippen molar-refractivity contribution in [3.8, 4) is 28.6 Å². The number of phenols is 2. The zero-order valence-electron chi connectivity index (χ0n) is 16.4. The number of halogens is 2. The number of aryl methyl sites for hydroxylation is 1. The molecule has 1 heterocycles. The molecular weight excluding hydrogens is 516 g/mol. The Hall–Kier alpha value is -2.65. The standard InChI is InChI=1S/C21H20Br2N4O3/c1-3-6-30-15-5-4-13(18(28)10-15)11-24-27-19-7-12(2)25-21(26-19)16-8-14(22)9-17(23)20(16)29/h4-5,7-11,28-29H,3,6H2,1-2H3,(H,25,26,27)/b24-11+. The lowest BCUT2D eigenvalue weighted by Gasteiger charge is -2.09. The molecule has 1 aromatic heterocycles. The zero-order valence-corrected chi connectivity index (χ0v) is 19.5. The van der Waals surface area contributed by atoms with Crippen LogP contribution in [0.5, 0.6) is 17.2 Å². The molecule has 0 spiro atoms. The molecule has 0 aliphatic rings. The molecule has 0 fully saturated rings. The van der Waals surface area contributed by atoms with Crippen LogP contribution in [0.15, 0.2) is 50.4 Å². The van der Waals surface area contributed by atoms with Crippen LogP contribution in [0.3, 0.4) is 0 Å². The van der Waals surface area contributed by atoms with E-state index in [0.29, 0.717) is 45.3 Å². The monoisotopic (exact) mass is 534 g/mol. The average Bonchev–Trinajstić information content (AvgIpc) is 2.70. The van der Waals surface area contributed by atoms with Gasteiger partial charge in [-0.1, -0.05) is 22.9 Å². The fraction of sp³-hybridized carbons (Fsp3) is 0.190. The molecule has 2 aromatic carbocycles. The molecule has 3 aromatic rings. The van der Waals surface area contributed by atoms with E-state index in [0.717, 1.165) is 10.9 Å². The van der Waals surface area contributed by atoms with E-state index in [2.05, 4.69) is 52.4 Å². The number of nitrogens with one attached hydrogen (secondary N) is 1. The number of aromatic nitrogens is 2. The quantitative estimate of drug-likeness (QED) is 0.268. The number of aromatic hydroxyl groups is 2. The normalized spacial score (nSPS) is 11.1. The van der Waals surface area contributed by atoms with Gasteiger partial charge in [-0.2, -0.15) is 5.10 Å². The van der Waals surface area contributed by atoms with Gasteiger partial charge in [0.25, 0.3) is 0 Å². The number of nitrogens with zero attached hydrogens (tertiary/aromatic N) is 3. The molecule has 3 rings (SSSR count). The predicted molar refractivity (Wildman–Crippen MR) is 124 cm³/mol. The van der Waals surface area contributed by atoms with Gasteiger partial charge < -0.3 is 14.9 Å². The van der Waals surface area contributed by atoms with Gasteiger partial charge in [0.1, 0.15) is 17.2 Å². The van der Waals surface area contributed by atoms with E-state index in [9.17, 15) is 10.2 Å². The largest absolute Gasteiger partial charge is 0.507 e. The summed E-state index contributed by atoms with van der Waals surface area (Å²) >= 11 is 6.72. The van der Waals surface area contributed by atoms with Gasteiger partial charge in [0.2, 0.25) is 0 Å². The van der Waals surface area contributed by atoms with Crippen LogP contribution in [0, 0.1) is 6.92 Å². The summed E-state index contributed by atoms with van der Waals surface area (Å²) in [5.74, 6) is 1.53. The Morgan fingerprint density at radius 3 is 2.67 bits per heavy atom. The summed E-state index contributed by atoms with van der Waals surface area (Å²) in [7, 11) is 0. The third-order valence-corrected chi connectivity index (χ3v) is 5.04. The highest BCUT2D eigenvalue weighted by Crippen LogP contribution is 2.37. The first-order valence-corrected chi connectivity index (χ1v) is 10.7. The Labute approximate surface area is 191 Å². The molecule has 0 atom stereocenters. The number of hydrogen-bond donors (Lipinski definition) is 3. The second kappa shape index (κ2) is 9.90. The Bertz CT molecular complexity index is 1090. The first-order chi connectivity index (χ1) is 14.4. The fourth-order valence-electron chi connectivity index (χ4n) is 2.59. The van der Waals surface area contributed by atoms with Gasteiger partial charge in [0, 0.05) is 27.9 Å². The van der Waals surface area contributed by atoms with Crippen molar-refractivity contribution in [1.29, 1.82) is 0 Å². The number of hydrazone groups is 1. The number of benzene rings is 2. The highest BCUT2D eigenvalue weighted by Gasteiger charge is 2.13. The molecular formula is C21H20Br2N4O3. The third kappa shape index (κ3) is 5.48. The molecule has 0 bridgehead atoms. The molecule has 3 N–H and O–H groups in total. The molecule has 9 heteroatoms. The summed E-state index contributed by atoms with van der Waals surface area (Å²) < 4.78 is 6.81. The number of ether oxygens (including phenoxy) is 1. The van der Waals surface area contributed by atoms with E-state index in [1.807, 2.05) is 13.8 Å². The van der Waals surface area contributed by atoms with Gasteiger partial charge in [0.05, 0.1) is 22.9 Å². The minimum absolute atomic E-state index is 0.0496. The summed E-state index contributed by atoms with van der Waals surface area (Å²) in [6.45, 7) is 4.43. The second-order valence-corrected chi connectivity index (χ2v) is 8.21. The number of hydrogen-bond acceptors (Lipinski definition) is 7. The Morgan fingerprint density at radius 1 is 1.13 bits per heavy atom. The predicted octanol–water partition coefficient (Wildman–Crippen LogP) is 5.62. The lowest BCUT2D eigenvalue weighted by molar-refractivity contribution is 0.315. The summed E-state index contributed by atoms with van der Waals surface area (Å²) in [6, 6.07) is 10.3. The van der Waals surface area contributed by atoms with E-state index in [-0.39, 0.29) is 11.5 Å². The van der Waals surface area contributed by atoms with E-state index < -0.39 is 0 Å². The molecule has 0 aliphatic heterocycles. The van der Waals surface area contributed by atoms with Crippen molar-refractivity contribution >= 4 is 43.9 Å². The van der Waals surface area contributed by atoms with Crippen molar-refractivity contribution in [3.63, 3.8) is 0 Å². The average molecular weight is 536 g/mol. The minimum Gasteiger partial charge on any atom is -0.507 e. The lowest BCUT2D eigenvalue weighted by atomic mass is 10.2. The maximum absolute atomic E-state index is 10.4. The van der Waals surface area contributed by atoms with Crippen molar-refractivity contribution in [3.05, 3.63) is 56.6 Å². The van der Waals surface area contributed by atoms with Crippen LogP contribution in [-0.4, -0.2) is 33.0 Å². The van der Waals surface area contributed by atoms with E-state index in [1.54, 1.807) is 36.4 Å². The smallest absolute Gasteiger partial charge is 0.165 e. The Morgan fingerprint density at radius 2 is 1.93 bits per heavy atom.